The highest BCUT2D eigenvalue weighted by Gasteiger charge is 2.24. The first-order valence-electron chi connectivity index (χ1n) is 8.14. The van der Waals surface area contributed by atoms with Gasteiger partial charge in [0.25, 0.3) is 0 Å². The van der Waals surface area contributed by atoms with Crippen molar-refractivity contribution in [2.75, 3.05) is 23.9 Å². The van der Waals surface area contributed by atoms with E-state index in [-0.39, 0.29) is 12.4 Å². The van der Waals surface area contributed by atoms with Crippen LogP contribution in [0.15, 0.2) is 34.5 Å². The van der Waals surface area contributed by atoms with Gasteiger partial charge in [-0.3, -0.25) is 0 Å². The normalized spacial score (nSPS) is 11.2. The Hall–Kier alpha value is -1.73. The molecule has 0 N–H and O–H groups in total. The molecule has 2 rings (SSSR count). The minimum Gasteiger partial charge on any atom is -1.00 e. The molecule has 0 radical (unpaired) electrons. The van der Waals surface area contributed by atoms with Gasteiger partial charge >= 0.3 is 5.13 Å². The number of azo groups is 1. The zero-order valence-corrected chi connectivity index (χ0v) is 17.5. The van der Waals surface area contributed by atoms with Crippen LogP contribution in [0, 0.1) is 0 Å². The van der Waals surface area contributed by atoms with Crippen LogP contribution in [0.5, 0.6) is 0 Å². The predicted molar refractivity (Wildman–Crippen MR) is 101 cm³/mol. The van der Waals surface area contributed by atoms with Gasteiger partial charge in [0, 0.05) is 31.9 Å². The molecule has 0 atom stereocenters. The Morgan fingerprint density at radius 2 is 1.56 bits per heavy atom. The van der Waals surface area contributed by atoms with Gasteiger partial charge in [-0.25, -0.2) is 0 Å². The van der Waals surface area contributed by atoms with Crippen LogP contribution in [0.1, 0.15) is 27.7 Å². The van der Waals surface area contributed by atoms with E-state index in [1.807, 2.05) is 45.4 Å². The molecule has 6 nitrogen and oxygen atoms in total. The van der Waals surface area contributed by atoms with Gasteiger partial charge in [-0.2, -0.15) is 0 Å². The molecule has 0 aliphatic rings. The van der Waals surface area contributed by atoms with E-state index in [4.69, 9.17) is 0 Å². The Labute approximate surface area is 160 Å². The Bertz CT molecular complexity index is 686. The summed E-state index contributed by atoms with van der Waals surface area (Å²) in [6.07, 6.45) is 0. The van der Waals surface area contributed by atoms with Crippen LogP contribution in [0.2, 0.25) is 0 Å². The van der Waals surface area contributed by atoms with E-state index >= 15 is 0 Å². The van der Waals surface area contributed by atoms with Crippen molar-refractivity contribution in [2.45, 2.75) is 39.8 Å². The summed E-state index contributed by atoms with van der Waals surface area (Å²) >= 11 is 1.56. The lowest BCUT2D eigenvalue weighted by atomic mass is 10.2. The number of nitrogens with zero attached hydrogens (tertiary/aromatic N) is 6. The van der Waals surface area contributed by atoms with Crippen molar-refractivity contribution in [3.63, 3.8) is 0 Å². The summed E-state index contributed by atoms with van der Waals surface area (Å²) in [5.74, 6) is 0. The first-order valence-corrected chi connectivity index (χ1v) is 8.96. The maximum Gasteiger partial charge on any atom is 0.431 e. The number of anilines is 2. The van der Waals surface area contributed by atoms with Crippen LogP contribution in [-0.4, -0.2) is 31.3 Å². The molecule has 0 aliphatic heterocycles. The molecule has 25 heavy (non-hydrogen) atoms. The number of halogens is 1. The van der Waals surface area contributed by atoms with Crippen molar-refractivity contribution in [3.05, 3.63) is 24.3 Å². The third-order valence-electron chi connectivity index (χ3n) is 3.65. The molecule has 0 saturated heterocycles. The standard InChI is InChI=1S/C17H27N6S.ClH/c1-12(2)23(13(3)4)17-20-22(7)16(24-17)19-18-14-8-10-15(11-9-14)21(5)6;/h8-13H,1-7H3;1H/q+1;/p-1. The van der Waals surface area contributed by atoms with Gasteiger partial charge in [0.15, 0.2) is 0 Å². The highest BCUT2D eigenvalue weighted by atomic mass is 35.5. The minimum absolute atomic E-state index is 0. The highest BCUT2D eigenvalue weighted by molar-refractivity contribution is 7.18. The molecule has 0 bridgehead atoms. The molecule has 138 valence electrons. The zero-order chi connectivity index (χ0) is 17.9. The SMILES string of the molecule is CC(C)N(c1n[n+](C)c(N=Nc2ccc(N(C)C)cc2)s1)C(C)C.[Cl-]. The van der Waals surface area contributed by atoms with E-state index in [1.165, 1.54) is 0 Å². The molecule has 0 amide bonds. The van der Waals surface area contributed by atoms with Gasteiger partial charge in [0.1, 0.15) is 12.7 Å². The number of benzene rings is 1. The van der Waals surface area contributed by atoms with Crippen molar-refractivity contribution in [2.24, 2.45) is 17.3 Å². The third kappa shape index (κ3) is 5.37. The molecule has 0 saturated carbocycles. The lowest BCUT2D eigenvalue weighted by molar-refractivity contribution is -0.712. The van der Waals surface area contributed by atoms with Crippen LogP contribution in [0.4, 0.5) is 21.6 Å². The molecular weight excluding hydrogens is 356 g/mol. The van der Waals surface area contributed by atoms with E-state index in [9.17, 15) is 0 Å². The molecule has 0 aliphatic carbocycles. The second kappa shape index (κ2) is 9.10. The molecule has 1 aromatic heterocycles. The zero-order valence-electron chi connectivity index (χ0n) is 15.9. The molecule has 8 heteroatoms. The van der Waals surface area contributed by atoms with Crippen LogP contribution in [0.25, 0.3) is 0 Å². The summed E-state index contributed by atoms with van der Waals surface area (Å²) in [5.41, 5.74) is 1.98. The van der Waals surface area contributed by atoms with E-state index in [2.05, 4.69) is 52.8 Å². The van der Waals surface area contributed by atoms with Crippen LogP contribution in [-0.2, 0) is 7.05 Å². The molecule has 1 heterocycles. The molecular formula is C17H27ClN6S. The Morgan fingerprint density at radius 1 is 1.00 bits per heavy atom. The van der Waals surface area contributed by atoms with Gasteiger partial charge in [-0.15, -0.1) is 4.68 Å². The van der Waals surface area contributed by atoms with Crippen molar-refractivity contribution >= 4 is 33.0 Å². The van der Waals surface area contributed by atoms with Crippen molar-refractivity contribution in [1.82, 2.24) is 5.10 Å². The number of hydrogen-bond donors (Lipinski definition) is 0. The van der Waals surface area contributed by atoms with Gasteiger partial charge in [-0.05, 0) is 68.4 Å². The fraction of sp³-hybridized carbons (Fsp3) is 0.529. The fourth-order valence-corrected chi connectivity index (χ4v) is 3.59. The first-order chi connectivity index (χ1) is 11.3. The van der Waals surface area contributed by atoms with E-state index in [0.29, 0.717) is 12.1 Å². The summed E-state index contributed by atoms with van der Waals surface area (Å²) in [6, 6.07) is 8.78. The largest absolute Gasteiger partial charge is 1.00 e. The van der Waals surface area contributed by atoms with E-state index in [0.717, 1.165) is 21.6 Å². The third-order valence-corrected chi connectivity index (χ3v) is 4.65. The van der Waals surface area contributed by atoms with E-state index in [1.54, 1.807) is 16.0 Å². The van der Waals surface area contributed by atoms with Crippen molar-refractivity contribution in [3.8, 4) is 0 Å². The fourth-order valence-electron chi connectivity index (χ4n) is 2.48. The van der Waals surface area contributed by atoms with Crippen LogP contribution in [0.3, 0.4) is 0 Å². The maximum absolute atomic E-state index is 4.60. The van der Waals surface area contributed by atoms with Gasteiger partial charge < -0.3 is 22.2 Å². The summed E-state index contributed by atoms with van der Waals surface area (Å²) in [6.45, 7) is 8.70. The number of aryl methyl sites for hydroxylation is 1. The van der Waals surface area contributed by atoms with Gasteiger partial charge in [0.2, 0.25) is 5.13 Å². The second-order valence-electron chi connectivity index (χ2n) is 6.50. The lowest BCUT2D eigenvalue weighted by Crippen LogP contribution is -3.00. The maximum atomic E-state index is 4.60. The monoisotopic (exact) mass is 382 g/mol. The summed E-state index contributed by atoms with van der Waals surface area (Å²) in [7, 11) is 5.94. The van der Waals surface area contributed by atoms with Crippen LogP contribution >= 0.6 is 11.3 Å². The van der Waals surface area contributed by atoms with Gasteiger partial charge in [0.05, 0.1) is 5.11 Å². The quantitative estimate of drug-likeness (QED) is 0.554. The molecule has 1 aromatic carbocycles. The van der Waals surface area contributed by atoms with E-state index < -0.39 is 0 Å². The first kappa shape index (κ1) is 21.3. The van der Waals surface area contributed by atoms with Crippen molar-refractivity contribution in [1.29, 1.82) is 0 Å². The van der Waals surface area contributed by atoms with Crippen molar-refractivity contribution < 1.29 is 17.1 Å². The Kier molecular flexibility index (Phi) is 7.76. The predicted octanol–water partition coefficient (Wildman–Crippen LogP) is 1.08. The highest BCUT2D eigenvalue weighted by Crippen LogP contribution is 2.29. The number of aromatic nitrogens is 2. The Morgan fingerprint density at radius 3 is 2.04 bits per heavy atom. The summed E-state index contributed by atoms with van der Waals surface area (Å²) < 4.78 is 1.79. The molecule has 0 fully saturated rings. The summed E-state index contributed by atoms with van der Waals surface area (Å²) in [4.78, 5) is 4.35. The average Bonchev–Trinajstić information content (AvgIpc) is 2.85. The smallest absolute Gasteiger partial charge is 0.431 e. The topological polar surface area (TPSA) is 48.0 Å². The molecule has 0 spiro atoms. The van der Waals surface area contributed by atoms with Crippen LogP contribution < -0.4 is 26.9 Å². The summed E-state index contributed by atoms with van der Waals surface area (Å²) in [5, 5.41) is 15.1. The molecule has 2 aromatic rings. The average molecular weight is 383 g/mol. The number of rotatable bonds is 6. The van der Waals surface area contributed by atoms with Gasteiger partial charge in [-0.1, -0.05) is 5.10 Å². The minimum atomic E-state index is 0. The second-order valence-corrected chi connectivity index (χ2v) is 7.43. The Balaban J connectivity index is 0.00000312. The lowest BCUT2D eigenvalue weighted by Gasteiger charge is -2.28. The molecule has 0 unspecified atom stereocenters. The number of hydrogen-bond acceptors (Lipinski definition) is 6.